The fourth-order valence-electron chi connectivity index (χ4n) is 3.99. The minimum atomic E-state index is -0.0348. The standard InChI is InChI=1S/C18H29N5O/c1-3-22-9-6-16(7-10-22)23-8-4-5-18(23)17-13-19-11-15(21-17)12-20-14(2)24/h11,13,16,18H,3-10,12H2,1-2H3,(H,20,24). The Labute approximate surface area is 144 Å². The van der Waals surface area contributed by atoms with Crippen molar-refractivity contribution < 1.29 is 4.79 Å². The van der Waals surface area contributed by atoms with Gasteiger partial charge in [0, 0.05) is 13.0 Å². The van der Waals surface area contributed by atoms with E-state index in [2.05, 4.69) is 27.0 Å². The average molecular weight is 331 g/mol. The Hall–Kier alpha value is -1.53. The normalized spacial score (nSPS) is 23.5. The van der Waals surface area contributed by atoms with Gasteiger partial charge in [-0.15, -0.1) is 0 Å². The van der Waals surface area contributed by atoms with E-state index in [9.17, 15) is 4.79 Å². The van der Waals surface area contributed by atoms with Crippen LogP contribution in [0.2, 0.25) is 0 Å². The number of nitrogens with one attached hydrogen (secondary N) is 1. The van der Waals surface area contributed by atoms with E-state index in [1.54, 1.807) is 6.20 Å². The van der Waals surface area contributed by atoms with E-state index in [0.717, 1.165) is 24.4 Å². The highest BCUT2D eigenvalue weighted by Gasteiger charge is 2.34. The highest BCUT2D eigenvalue weighted by Crippen LogP contribution is 2.35. The van der Waals surface area contributed by atoms with Crippen LogP contribution in [-0.4, -0.2) is 57.9 Å². The van der Waals surface area contributed by atoms with E-state index in [0.29, 0.717) is 18.6 Å². The van der Waals surface area contributed by atoms with Gasteiger partial charge in [-0.2, -0.15) is 0 Å². The van der Waals surface area contributed by atoms with Gasteiger partial charge in [0.05, 0.1) is 36.4 Å². The van der Waals surface area contributed by atoms with Gasteiger partial charge < -0.3 is 10.2 Å². The summed E-state index contributed by atoms with van der Waals surface area (Å²) in [6.45, 7) is 8.97. The third-order valence-electron chi connectivity index (χ3n) is 5.33. The number of nitrogens with zero attached hydrogens (tertiary/aromatic N) is 4. The summed E-state index contributed by atoms with van der Waals surface area (Å²) < 4.78 is 0. The zero-order valence-corrected chi connectivity index (χ0v) is 14.9. The Kier molecular flexibility index (Phi) is 5.79. The number of hydrogen-bond acceptors (Lipinski definition) is 5. The average Bonchev–Trinajstić information content (AvgIpc) is 3.10. The number of piperidine rings is 1. The summed E-state index contributed by atoms with van der Waals surface area (Å²) in [7, 11) is 0. The van der Waals surface area contributed by atoms with Crippen molar-refractivity contribution in [3.63, 3.8) is 0 Å². The lowest BCUT2D eigenvalue weighted by Crippen LogP contribution is -2.44. The first-order chi connectivity index (χ1) is 11.7. The maximum Gasteiger partial charge on any atom is 0.217 e. The fourth-order valence-corrected chi connectivity index (χ4v) is 3.99. The molecule has 3 heterocycles. The minimum absolute atomic E-state index is 0.0348. The first-order valence-corrected chi connectivity index (χ1v) is 9.20. The fraction of sp³-hybridized carbons (Fsp3) is 0.722. The highest BCUT2D eigenvalue weighted by molar-refractivity contribution is 5.72. The predicted octanol–water partition coefficient (Wildman–Crippen LogP) is 1.73. The zero-order chi connectivity index (χ0) is 16.9. The summed E-state index contributed by atoms with van der Waals surface area (Å²) in [6, 6.07) is 1.05. The third kappa shape index (κ3) is 4.11. The van der Waals surface area contributed by atoms with Crippen molar-refractivity contribution in [3.8, 4) is 0 Å². The molecule has 1 N–H and O–H groups in total. The van der Waals surface area contributed by atoms with Crippen LogP contribution < -0.4 is 5.32 Å². The number of carbonyl (C=O) groups excluding carboxylic acids is 1. The molecule has 1 aromatic rings. The van der Waals surface area contributed by atoms with Crippen LogP contribution in [0.15, 0.2) is 12.4 Å². The SMILES string of the molecule is CCN1CCC(N2CCCC2c2cncc(CNC(C)=O)n2)CC1. The smallest absolute Gasteiger partial charge is 0.217 e. The molecule has 0 radical (unpaired) electrons. The molecule has 6 heteroatoms. The van der Waals surface area contributed by atoms with Crippen LogP contribution in [0, 0.1) is 0 Å². The van der Waals surface area contributed by atoms with E-state index in [4.69, 9.17) is 4.98 Å². The molecule has 0 aliphatic carbocycles. The van der Waals surface area contributed by atoms with E-state index < -0.39 is 0 Å². The van der Waals surface area contributed by atoms with Gasteiger partial charge in [0.25, 0.3) is 0 Å². The Morgan fingerprint density at radius 1 is 1.25 bits per heavy atom. The molecule has 1 amide bonds. The lowest BCUT2D eigenvalue weighted by atomic mass is 10.0. The highest BCUT2D eigenvalue weighted by atomic mass is 16.1. The number of amides is 1. The number of carbonyl (C=O) groups is 1. The van der Waals surface area contributed by atoms with Crippen molar-refractivity contribution >= 4 is 5.91 Å². The maximum absolute atomic E-state index is 11.1. The molecule has 0 bridgehead atoms. The van der Waals surface area contributed by atoms with E-state index in [1.807, 2.05) is 6.20 Å². The van der Waals surface area contributed by atoms with Crippen LogP contribution in [0.5, 0.6) is 0 Å². The zero-order valence-electron chi connectivity index (χ0n) is 14.9. The van der Waals surface area contributed by atoms with Crippen LogP contribution >= 0.6 is 0 Å². The van der Waals surface area contributed by atoms with Gasteiger partial charge >= 0.3 is 0 Å². The van der Waals surface area contributed by atoms with E-state index in [-0.39, 0.29) is 5.91 Å². The number of likely N-dealkylation sites (tertiary alicyclic amines) is 2. The van der Waals surface area contributed by atoms with Crippen molar-refractivity contribution in [1.82, 2.24) is 25.1 Å². The molecule has 2 aliphatic rings. The molecule has 3 rings (SSSR count). The summed E-state index contributed by atoms with van der Waals surface area (Å²) in [6.07, 6.45) is 8.55. The molecular weight excluding hydrogens is 302 g/mol. The van der Waals surface area contributed by atoms with Gasteiger partial charge in [-0.3, -0.25) is 19.7 Å². The van der Waals surface area contributed by atoms with Crippen LogP contribution in [0.4, 0.5) is 0 Å². The molecule has 0 saturated carbocycles. The largest absolute Gasteiger partial charge is 0.351 e. The Balaban J connectivity index is 1.67. The topological polar surface area (TPSA) is 61.4 Å². The maximum atomic E-state index is 11.1. The second-order valence-corrected chi connectivity index (χ2v) is 6.91. The minimum Gasteiger partial charge on any atom is -0.351 e. The van der Waals surface area contributed by atoms with Gasteiger partial charge in [0.2, 0.25) is 5.91 Å². The van der Waals surface area contributed by atoms with Crippen molar-refractivity contribution in [1.29, 1.82) is 0 Å². The first kappa shape index (κ1) is 17.3. The summed E-state index contributed by atoms with van der Waals surface area (Å²) >= 11 is 0. The second-order valence-electron chi connectivity index (χ2n) is 6.91. The Morgan fingerprint density at radius 3 is 2.75 bits per heavy atom. The van der Waals surface area contributed by atoms with Crippen LogP contribution in [0.25, 0.3) is 0 Å². The van der Waals surface area contributed by atoms with Crippen molar-refractivity contribution in [3.05, 3.63) is 23.8 Å². The van der Waals surface area contributed by atoms with Crippen LogP contribution in [0.1, 0.15) is 57.0 Å². The molecule has 0 aromatic carbocycles. The van der Waals surface area contributed by atoms with Crippen molar-refractivity contribution in [2.24, 2.45) is 0 Å². The molecule has 1 atom stereocenters. The summed E-state index contributed by atoms with van der Waals surface area (Å²) in [5.41, 5.74) is 1.91. The lowest BCUT2D eigenvalue weighted by Gasteiger charge is -2.39. The quantitative estimate of drug-likeness (QED) is 0.890. The van der Waals surface area contributed by atoms with E-state index >= 15 is 0 Å². The molecule has 132 valence electrons. The molecule has 2 fully saturated rings. The van der Waals surface area contributed by atoms with Gasteiger partial charge in [-0.05, 0) is 51.9 Å². The second kappa shape index (κ2) is 8.03. The molecule has 6 nitrogen and oxygen atoms in total. The Morgan fingerprint density at radius 2 is 2.04 bits per heavy atom. The number of rotatable bonds is 5. The van der Waals surface area contributed by atoms with Crippen LogP contribution in [0.3, 0.4) is 0 Å². The molecule has 0 spiro atoms. The third-order valence-corrected chi connectivity index (χ3v) is 5.33. The summed E-state index contributed by atoms with van der Waals surface area (Å²) in [5, 5.41) is 2.80. The van der Waals surface area contributed by atoms with Crippen molar-refractivity contribution in [2.75, 3.05) is 26.2 Å². The molecule has 1 aromatic heterocycles. The summed E-state index contributed by atoms with van der Waals surface area (Å²) in [5.74, 6) is -0.0348. The molecule has 1 unspecified atom stereocenters. The summed E-state index contributed by atoms with van der Waals surface area (Å²) in [4.78, 5) is 25.4. The molecular formula is C18H29N5O. The van der Waals surface area contributed by atoms with Gasteiger partial charge in [-0.1, -0.05) is 6.92 Å². The van der Waals surface area contributed by atoms with Gasteiger partial charge in [-0.25, -0.2) is 0 Å². The Bertz CT molecular complexity index is 556. The number of hydrogen-bond donors (Lipinski definition) is 1. The monoisotopic (exact) mass is 331 g/mol. The van der Waals surface area contributed by atoms with Crippen LogP contribution in [-0.2, 0) is 11.3 Å². The molecule has 2 aliphatic heterocycles. The number of aromatic nitrogens is 2. The predicted molar refractivity (Wildman–Crippen MR) is 93.4 cm³/mol. The van der Waals surface area contributed by atoms with Gasteiger partial charge in [0.1, 0.15) is 0 Å². The van der Waals surface area contributed by atoms with Gasteiger partial charge in [0.15, 0.2) is 0 Å². The molecule has 2 saturated heterocycles. The van der Waals surface area contributed by atoms with Crippen molar-refractivity contribution in [2.45, 2.75) is 58.2 Å². The first-order valence-electron chi connectivity index (χ1n) is 9.20. The van der Waals surface area contributed by atoms with E-state index in [1.165, 1.54) is 45.8 Å². The lowest BCUT2D eigenvalue weighted by molar-refractivity contribution is -0.119. The molecule has 24 heavy (non-hydrogen) atoms.